The first-order valence-electron chi connectivity index (χ1n) is 8.94. The van der Waals surface area contributed by atoms with E-state index < -0.39 is 13.9 Å². The molecule has 0 unspecified atom stereocenters. The van der Waals surface area contributed by atoms with E-state index in [9.17, 15) is 5.11 Å². The quantitative estimate of drug-likeness (QED) is 0.639. The molecule has 5 rings (SSSR count). The van der Waals surface area contributed by atoms with Crippen LogP contribution in [0.4, 0.5) is 0 Å². The lowest BCUT2D eigenvalue weighted by Gasteiger charge is -2.64. The fourth-order valence-corrected chi connectivity index (χ4v) is 7.28. The molecule has 0 aromatic rings. The van der Waals surface area contributed by atoms with Gasteiger partial charge in [0.1, 0.15) is 24.9 Å². The van der Waals surface area contributed by atoms with Crippen LogP contribution < -0.4 is 0 Å². The molecule has 0 amide bonds. The van der Waals surface area contributed by atoms with Gasteiger partial charge in [0.15, 0.2) is 8.32 Å². The molecule has 1 aliphatic heterocycles. The zero-order valence-corrected chi connectivity index (χ0v) is 15.1. The summed E-state index contributed by atoms with van der Waals surface area (Å²) in [5.41, 5.74) is -0.878. The minimum atomic E-state index is -1.74. The van der Waals surface area contributed by atoms with Gasteiger partial charge in [-0.2, -0.15) is 0 Å². The molecule has 2 atom stereocenters. The molecule has 5 fully saturated rings. The van der Waals surface area contributed by atoms with Gasteiger partial charge in [0.25, 0.3) is 0 Å². The third-order valence-electron chi connectivity index (χ3n) is 6.57. The Balaban J connectivity index is 1.65. The van der Waals surface area contributed by atoms with Crippen molar-refractivity contribution >= 4 is 8.32 Å². The van der Waals surface area contributed by atoms with E-state index in [2.05, 4.69) is 19.6 Å². The van der Waals surface area contributed by atoms with E-state index in [4.69, 9.17) is 14.2 Å². The molecule has 0 aromatic carbocycles. The van der Waals surface area contributed by atoms with Gasteiger partial charge in [0, 0.05) is 5.41 Å². The normalized spacial score (nSPS) is 51.3. The standard InChI is InChI=1S/C17H30O4Si/c1-22(2,3)21-15-10-19-20-11-17(15,18)16-7-12-4-13(8-16)6-14(5-12)9-16/h12-15,18H,4-11H2,1-3H3/t12?,13?,14?,15-,16?,17+/m1/s1. The molecule has 0 spiro atoms. The molecule has 1 N–H and O–H groups in total. The van der Waals surface area contributed by atoms with E-state index in [1.807, 2.05) is 0 Å². The van der Waals surface area contributed by atoms with E-state index in [0.717, 1.165) is 37.0 Å². The zero-order valence-electron chi connectivity index (χ0n) is 14.1. The van der Waals surface area contributed by atoms with Gasteiger partial charge in [-0.15, -0.1) is 0 Å². The van der Waals surface area contributed by atoms with Crippen molar-refractivity contribution in [2.45, 2.75) is 69.9 Å². The highest BCUT2D eigenvalue weighted by atomic mass is 28.4. The van der Waals surface area contributed by atoms with Gasteiger partial charge in [0.2, 0.25) is 0 Å². The Morgan fingerprint density at radius 1 is 0.955 bits per heavy atom. The zero-order chi connectivity index (χ0) is 15.6. The van der Waals surface area contributed by atoms with Gasteiger partial charge in [-0.1, -0.05) is 0 Å². The van der Waals surface area contributed by atoms with Crippen LogP contribution in [0.1, 0.15) is 38.5 Å². The average Bonchev–Trinajstić information content (AvgIpc) is 2.38. The van der Waals surface area contributed by atoms with Gasteiger partial charge < -0.3 is 9.53 Å². The number of aliphatic hydroxyl groups is 1. The molecule has 4 saturated carbocycles. The highest BCUT2D eigenvalue weighted by Crippen LogP contribution is 2.64. The van der Waals surface area contributed by atoms with Gasteiger partial charge in [0.05, 0.1) is 0 Å². The lowest BCUT2D eigenvalue weighted by atomic mass is 9.44. The Morgan fingerprint density at radius 2 is 1.50 bits per heavy atom. The molecule has 1 heterocycles. The summed E-state index contributed by atoms with van der Waals surface area (Å²) in [5.74, 6) is 2.43. The summed E-state index contributed by atoms with van der Waals surface area (Å²) < 4.78 is 6.37. The maximum Gasteiger partial charge on any atom is 0.184 e. The molecule has 126 valence electrons. The Labute approximate surface area is 134 Å². The first-order chi connectivity index (χ1) is 10.3. The molecule has 4 nitrogen and oxygen atoms in total. The summed E-state index contributed by atoms with van der Waals surface area (Å²) in [5, 5.41) is 11.8. The highest BCUT2D eigenvalue weighted by molar-refractivity contribution is 6.69. The summed E-state index contributed by atoms with van der Waals surface area (Å²) in [7, 11) is -1.74. The summed E-state index contributed by atoms with van der Waals surface area (Å²) in [6, 6.07) is 0. The predicted octanol–water partition coefficient (Wildman–Crippen LogP) is 3.12. The van der Waals surface area contributed by atoms with Crippen LogP contribution in [0, 0.1) is 23.2 Å². The number of hydrogen-bond donors (Lipinski definition) is 1. The Hall–Kier alpha value is 0.0569. The van der Waals surface area contributed by atoms with Crippen molar-refractivity contribution in [3.8, 4) is 0 Å². The Bertz CT molecular complexity index is 411. The number of rotatable bonds is 3. The molecule has 0 radical (unpaired) electrons. The average molecular weight is 327 g/mol. The summed E-state index contributed by atoms with van der Waals surface area (Å²) in [4.78, 5) is 10.5. The molecule has 4 bridgehead atoms. The van der Waals surface area contributed by atoms with Crippen molar-refractivity contribution in [1.82, 2.24) is 0 Å². The van der Waals surface area contributed by atoms with Crippen LogP contribution >= 0.6 is 0 Å². The van der Waals surface area contributed by atoms with Crippen molar-refractivity contribution < 1.29 is 19.3 Å². The van der Waals surface area contributed by atoms with Crippen molar-refractivity contribution in [2.24, 2.45) is 23.2 Å². The van der Waals surface area contributed by atoms with E-state index in [0.29, 0.717) is 6.61 Å². The van der Waals surface area contributed by atoms with Crippen molar-refractivity contribution in [3.05, 3.63) is 0 Å². The minimum Gasteiger partial charge on any atom is -0.409 e. The van der Waals surface area contributed by atoms with Gasteiger partial charge in [-0.3, -0.25) is 0 Å². The van der Waals surface area contributed by atoms with Crippen LogP contribution in [-0.2, 0) is 14.2 Å². The van der Waals surface area contributed by atoms with Crippen LogP contribution in [0.3, 0.4) is 0 Å². The second kappa shape index (κ2) is 5.03. The SMILES string of the molecule is C[Si](C)(C)O[C@@H]1COOC[C@@]1(O)C12CC3CC(CC(C3)C1)C2. The van der Waals surface area contributed by atoms with E-state index in [1.165, 1.54) is 19.3 Å². The molecular formula is C17H30O4Si. The van der Waals surface area contributed by atoms with Crippen LogP contribution in [0.2, 0.25) is 19.6 Å². The van der Waals surface area contributed by atoms with Crippen LogP contribution in [0.25, 0.3) is 0 Å². The van der Waals surface area contributed by atoms with Crippen LogP contribution in [-0.4, -0.2) is 38.3 Å². The molecule has 5 aliphatic rings. The third-order valence-corrected chi connectivity index (χ3v) is 7.56. The summed E-state index contributed by atoms with van der Waals surface area (Å²) in [6.07, 6.45) is 7.38. The van der Waals surface area contributed by atoms with Crippen LogP contribution in [0.15, 0.2) is 0 Å². The van der Waals surface area contributed by atoms with E-state index >= 15 is 0 Å². The largest absolute Gasteiger partial charge is 0.409 e. The topological polar surface area (TPSA) is 47.9 Å². The molecule has 4 aliphatic carbocycles. The maximum absolute atomic E-state index is 11.8. The lowest BCUT2D eigenvalue weighted by molar-refractivity contribution is -0.394. The van der Waals surface area contributed by atoms with Crippen molar-refractivity contribution in [3.63, 3.8) is 0 Å². The summed E-state index contributed by atoms with van der Waals surface area (Å²) >= 11 is 0. The van der Waals surface area contributed by atoms with Gasteiger partial charge in [-0.25, -0.2) is 9.78 Å². The smallest absolute Gasteiger partial charge is 0.184 e. The first-order valence-corrected chi connectivity index (χ1v) is 12.4. The predicted molar refractivity (Wildman–Crippen MR) is 85.7 cm³/mol. The Kier molecular flexibility index (Phi) is 3.56. The number of hydrogen-bond acceptors (Lipinski definition) is 4. The van der Waals surface area contributed by atoms with Crippen LogP contribution in [0.5, 0.6) is 0 Å². The lowest BCUT2D eigenvalue weighted by Crippen LogP contribution is -2.69. The molecular weight excluding hydrogens is 296 g/mol. The molecule has 1 saturated heterocycles. The summed E-state index contributed by atoms with van der Waals surface area (Å²) in [6.45, 7) is 7.19. The first kappa shape index (κ1) is 15.6. The minimum absolute atomic E-state index is 0.00412. The van der Waals surface area contributed by atoms with Crippen molar-refractivity contribution in [2.75, 3.05) is 13.2 Å². The van der Waals surface area contributed by atoms with Crippen molar-refractivity contribution in [1.29, 1.82) is 0 Å². The maximum atomic E-state index is 11.8. The third kappa shape index (κ3) is 2.40. The van der Waals surface area contributed by atoms with Gasteiger partial charge in [-0.05, 0) is 75.9 Å². The molecule has 5 heteroatoms. The monoisotopic (exact) mass is 326 g/mol. The molecule has 0 aromatic heterocycles. The second-order valence-electron chi connectivity index (χ2n) is 9.39. The second-order valence-corrected chi connectivity index (χ2v) is 13.8. The Morgan fingerprint density at radius 3 is 2.00 bits per heavy atom. The van der Waals surface area contributed by atoms with Gasteiger partial charge >= 0.3 is 0 Å². The van der Waals surface area contributed by atoms with E-state index in [1.54, 1.807) is 0 Å². The highest BCUT2D eigenvalue weighted by Gasteiger charge is 2.64. The van der Waals surface area contributed by atoms with E-state index in [-0.39, 0.29) is 18.1 Å². The molecule has 22 heavy (non-hydrogen) atoms. The fraction of sp³-hybridized carbons (Fsp3) is 1.00. The fourth-order valence-electron chi connectivity index (χ4n) is 6.17.